The number of nitrogens with two attached hydrogens (primary N) is 1. The van der Waals surface area contributed by atoms with Crippen LogP contribution in [0.25, 0.3) is 0 Å². The van der Waals surface area contributed by atoms with Gasteiger partial charge in [0.1, 0.15) is 5.75 Å². The monoisotopic (exact) mass is 341 g/mol. The van der Waals surface area contributed by atoms with Gasteiger partial charge in [0, 0.05) is 16.9 Å². The fraction of sp³-hybridized carbons (Fsp3) is 0.533. The van der Waals surface area contributed by atoms with Crippen LogP contribution >= 0.6 is 15.9 Å². The Kier molecular flexibility index (Phi) is 5.43. The van der Waals surface area contributed by atoms with Gasteiger partial charge in [-0.15, -0.1) is 0 Å². The maximum atomic E-state index is 10.6. The van der Waals surface area contributed by atoms with Gasteiger partial charge in [0.25, 0.3) is 0 Å². The van der Waals surface area contributed by atoms with E-state index in [0.717, 1.165) is 22.4 Å². The second-order valence-electron chi connectivity index (χ2n) is 5.37. The number of aliphatic carboxylic acids is 1. The zero-order chi connectivity index (χ0) is 14.5. The zero-order valence-corrected chi connectivity index (χ0v) is 12.9. The molecule has 0 heterocycles. The molecule has 0 aliphatic heterocycles. The Bertz CT molecular complexity index is 474. The van der Waals surface area contributed by atoms with Crippen LogP contribution in [0.2, 0.25) is 0 Å². The Morgan fingerprint density at radius 1 is 1.45 bits per heavy atom. The van der Waals surface area contributed by atoms with Crippen molar-refractivity contribution in [1.82, 2.24) is 0 Å². The lowest BCUT2D eigenvalue weighted by molar-refractivity contribution is -0.137. The molecule has 1 fully saturated rings. The van der Waals surface area contributed by atoms with Crippen molar-refractivity contribution >= 4 is 21.9 Å². The summed E-state index contributed by atoms with van der Waals surface area (Å²) in [5.74, 6) is 0.655. The minimum absolute atomic E-state index is 0.0753. The van der Waals surface area contributed by atoms with E-state index in [-0.39, 0.29) is 12.5 Å². The van der Waals surface area contributed by atoms with E-state index in [1.807, 2.05) is 18.2 Å². The molecule has 0 aromatic heterocycles. The first-order chi connectivity index (χ1) is 9.54. The first-order valence-electron chi connectivity index (χ1n) is 6.95. The fourth-order valence-corrected chi connectivity index (χ4v) is 2.69. The normalized spacial score (nSPS) is 16.5. The van der Waals surface area contributed by atoms with E-state index in [9.17, 15) is 4.79 Å². The number of rotatable bonds is 7. The molecule has 4 nitrogen and oxygen atoms in total. The molecule has 0 spiro atoms. The number of hydrogen-bond acceptors (Lipinski definition) is 3. The lowest BCUT2D eigenvalue weighted by Gasteiger charge is -2.25. The van der Waals surface area contributed by atoms with Crippen LogP contribution in [0.4, 0.5) is 0 Å². The van der Waals surface area contributed by atoms with Crippen molar-refractivity contribution in [3.63, 3.8) is 0 Å². The molecule has 0 amide bonds. The first-order valence-corrected chi connectivity index (χ1v) is 7.74. The highest BCUT2D eigenvalue weighted by molar-refractivity contribution is 9.10. The van der Waals surface area contributed by atoms with Crippen LogP contribution in [-0.4, -0.2) is 17.7 Å². The van der Waals surface area contributed by atoms with Crippen LogP contribution in [0.5, 0.6) is 5.75 Å². The molecule has 1 aliphatic carbocycles. The molecule has 2 rings (SSSR count). The van der Waals surface area contributed by atoms with Crippen molar-refractivity contribution in [2.24, 2.45) is 11.7 Å². The second kappa shape index (κ2) is 7.09. The van der Waals surface area contributed by atoms with Crippen molar-refractivity contribution in [1.29, 1.82) is 0 Å². The number of benzene rings is 1. The van der Waals surface area contributed by atoms with Crippen LogP contribution in [0.15, 0.2) is 22.7 Å². The topological polar surface area (TPSA) is 72.6 Å². The quantitative estimate of drug-likeness (QED) is 0.796. The largest absolute Gasteiger partial charge is 0.493 e. The SMILES string of the molecule is NC(CCC(=O)O)c1cc(Br)cc(OCC2CCC2)c1. The predicted molar refractivity (Wildman–Crippen MR) is 80.8 cm³/mol. The summed E-state index contributed by atoms with van der Waals surface area (Å²) in [5, 5.41) is 8.71. The molecule has 1 aliphatic rings. The van der Waals surface area contributed by atoms with Crippen molar-refractivity contribution < 1.29 is 14.6 Å². The molecule has 5 heteroatoms. The molecule has 20 heavy (non-hydrogen) atoms. The lowest BCUT2D eigenvalue weighted by Crippen LogP contribution is -2.19. The summed E-state index contributed by atoms with van der Waals surface area (Å²) in [6.07, 6.45) is 4.30. The van der Waals surface area contributed by atoms with E-state index < -0.39 is 5.97 Å². The minimum Gasteiger partial charge on any atom is -0.493 e. The number of carboxylic acid groups (broad SMARTS) is 1. The molecule has 1 unspecified atom stereocenters. The maximum absolute atomic E-state index is 10.6. The Morgan fingerprint density at radius 3 is 2.80 bits per heavy atom. The number of carbonyl (C=O) groups is 1. The lowest BCUT2D eigenvalue weighted by atomic mass is 9.86. The van der Waals surface area contributed by atoms with E-state index in [2.05, 4.69) is 15.9 Å². The van der Waals surface area contributed by atoms with Gasteiger partial charge in [-0.2, -0.15) is 0 Å². The average Bonchev–Trinajstić information content (AvgIpc) is 2.33. The van der Waals surface area contributed by atoms with Crippen molar-refractivity contribution in [3.8, 4) is 5.75 Å². The van der Waals surface area contributed by atoms with Crippen molar-refractivity contribution in [2.75, 3.05) is 6.61 Å². The van der Waals surface area contributed by atoms with Crippen molar-refractivity contribution in [3.05, 3.63) is 28.2 Å². The van der Waals surface area contributed by atoms with E-state index in [0.29, 0.717) is 12.3 Å². The Labute approximate surface area is 127 Å². The van der Waals surface area contributed by atoms with Gasteiger partial charge in [-0.05, 0) is 48.9 Å². The van der Waals surface area contributed by atoms with Crippen molar-refractivity contribution in [2.45, 2.75) is 38.1 Å². The summed E-state index contributed by atoms with van der Waals surface area (Å²) in [6, 6.07) is 5.47. The molecule has 1 saturated carbocycles. The Morgan fingerprint density at radius 2 is 2.20 bits per heavy atom. The van der Waals surface area contributed by atoms with Crippen LogP contribution in [0.3, 0.4) is 0 Å². The fourth-order valence-electron chi connectivity index (χ4n) is 2.20. The molecule has 1 aromatic carbocycles. The third-order valence-electron chi connectivity index (χ3n) is 3.70. The van der Waals surface area contributed by atoms with E-state index >= 15 is 0 Å². The number of halogens is 1. The summed E-state index contributed by atoms with van der Waals surface area (Å²) in [4.78, 5) is 10.6. The highest BCUT2D eigenvalue weighted by atomic mass is 79.9. The molecule has 1 aromatic rings. The first kappa shape index (κ1) is 15.3. The highest BCUT2D eigenvalue weighted by Crippen LogP contribution is 2.30. The molecule has 0 bridgehead atoms. The van der Waals surface area contributed by atoms with Crippen LogP contribution in [0.1, 0.15) is 43.7 Å². The average molecular weight is 342 g/mol. The molecule has 1 atom stereocenters. The summed E-state index contributed by atoms with van der Waals surface area (Å²) in [5.41, 5.74) is 6.94. The summed E-state index contributed by atoms with van der Waals surface area (Å²) in [7, 11) is 0. The third kappa shape index (κ3) is 4.49. The summed E-state index contributed by atoms with van der Waals surface area (Å²) < 4.78 is 6.71. The minimum atomic E-state index is -0.822. The molecule has 0 radical (unpaired) electrons. The number of ether oxygens (including phenoxy) is 1. The number of carboxylic acids is 1. The predicted octanol–water partition coefficient (Wildman–Crippen LogP) is 3.49. The summed E-state index contributed by atoms with van der Waals surface area (Å²) >= 11 is 3.45. The van der Waals surface area contributed by atoms with E-state index in [4.69, 9.17) is 15.6 Å². The van der Waals surface area contributed by atoms with E-state index in [1.54, 1.807) is 0 Å². The molecule has 0 saturated heterocycles. The van der Waals surface area contributed by atoms with Crippen LogP contribution < -0.4 is 10.5 Å². The van der Waals surface area contributed by atoms with Gasteiger partial charge in [0.15, 0.2) is 0 Å². The molecule has 3 N–H and O–H groups in total. The standard InChI is InChI=1S/C15H20BrNO3/c16-12-6-11(14(17)4-5-15(18)19)7-13(8-12)20-9-10-2-1-3-10/h6-8,10,14H,1-5,9,17H2,(H,18,19). The maximum Gasteiger partial charge on any atom is 0.303 e. The van der Waals surface area contributed by atoms with Gasteiger partial charge >= 0.3 is 5.97 Å². The summed E-state index contributed by atoms with van der Waals surface area (Å²) in [6.45, 7) is 0.750. The third-order valence-corrected chi connectivity index (χ3v) is 4.16. The van der Waals surface area contributed by atoms with Gasteiger partial charge in [-0.25, -0.2) is 0 Å². The zero-order valence-electron chi connectivity index (χ0n) is 11.3. The van der Waals surface area contributed by atoms with E-state index in [1.165, 1.54) is 19.3 Å². The smallest absolute Gasteiger partial charge is 0.303 e. The Balaban J connectivity index is 1.97. The highest BCUT2D eigenvalue weighted by Gasteiger charge is 2.18. The van der Waals surface area contributed by atoms with Gasteiger partial charge in [0.05, 0.1) is 6.61 Å². The molecular weight excluding hydrogens is 322 g/mol. The molecule has 110 valence electrons. The van der Waals surface area contributed by atoms with Crippen LogP contribution in [-0.2, 0) is 4.79 Å². The second-order valence-corrected chi connectivity index (χ2v) is 6.28. The van der Waals surface area contributed by atoms with Gasteiger partial charge in [-0.1, -0.05) is 22.4 Å². The Hall–Kier alpha value is -1.07. The van der Waals surface area contributed by atoms with Gasteiger partial charge in [-0.3, -0.25) is 4.79 Å². The number of hydrogen-bond donors (Lipinski definition) is 2. The van der Waals surface area contributed by atoms with Gasteiger partial charge in [0.2, 0.25) is 0 Å². The van der Waals surface area contributed by atoms with Gasteiger partial charge < -0.3 is 15.6 Å². The molecular formula is C15H20BrNO3. The van der Waals surface area contributed by atoms with Crippen LogP contribution in [0, 0.1) is 5.92 Å².